The average molecular weight is 242 g/mol. The van der Waals surface area contributed by atoms with Crippen molar-refractivity contribution in [3.63, 3.8) is 0 Å². The molecule has 2 aliphatic rings. The van der Waals surface area contributed by atoms with E-state index in [4.69, 9.17) is 4.42 Å². The maximum atomic E-state index is 5.74. The Morgan fingerprint density at radius 2 is 2.31 bits per heavy atom. The van der Waals surface area contributed by atoms with Crippen molar-refractivity contribution in [1.29, 1.82) is 0 Å². The number of nitrogens with one attached hydrogen (secondary N) is 1. The molecule has 0 amide bonds. The van der Waals surface area contributed by atoms with Crippen LogP contribution in [0.1, 0.15) is 30.6 Å². The standard InChI is InChI=1S/C10H12BrNO/c11-8-4-7-5-12-6-10(2-1-3-10)9(7)13-8/h4,12H,1-3,5-6H2. The summed E-state index contributed by atoms with van der Waals surface area (Å²) in [6.45, 7) is 2.06. The monoisotopic (exact) mass is 241 g/mol. The number of furan rings is 1. The van der Waals surface area contributed by atoms with E-state index in [-0.39, 0.29) is 0 Å². The van der Waals surface area contributed by atoms with E-state index < -0.39 is 0 Å². The summed E-state index contributed by atoms with van der Waals surface area (Å²) in [5.74, 6) is 1.24. The van der Waals surface area contributed by atoms with Crippen molar-refractivity contribution in [2.75, 3.05) is 6.54 Å². The zero-order valence-corrected chi connectivity index (χ0v) is 8.99. The van der Waals surface area contributed by atoms with Crippen molar-refractivity contribution in [2.24, 2.45) is 0 Å². The van der Waals surface area contributed by atoms with E-state index in [0.717, 1.165) is 17.8 Å². The Bertz CT molecular complexity index is 341. The third-order valence-corrected chi connectivity index (χ3v) is 3.74. The molecule has 1 aromatic rings. The predicted octanol–water partition coefficient (Wildman–Crippen LogP) is 2.57. The van der Waals surface area contributed by atoms with E-state index in [0.29, 0.717) is 5.41 Å². The Hall–Kier alpha value is -0.280. The lowest BCUT2D eigenvalue weighted by Gasteiger charge is -2.43. The third kappa shape index (κ3) is 1.03. The summed E-state index contributed by atoms with van der Waals surface area (Å²) in [5.41, 5.74) is 1.69. The molecule has 1 N–H and O–H groups in total. The number of hydrogen-bond donors (Lipinski definition) is 1. The van der Waals surface area contributed by atoms with Crippen LogP contribution in [-0.2, 0) is 12.0 Å². The van der Waals surface area contributed by atoms with Gasteiger partial charge in [-0.15, -0.1) is 0 Å². The van der Waals surface area contributed by atoms with E-state index in [2.05, 4.69) is 27.3 Å². The highest BCUT2D eigenvalue weighted by molar-refractivity contribution is 9.10. The second-order valence-electron chi connectivity index (χ2n) is 4.14. The Kier molecular flexibility index (Phi) is 1.62. The highest BCUT2D eigenvalue weighted by Crippen LogP contribution is 2.47. The lowest BCUT2D eigenvalue weighted by molar-refractivity contribution is 0.176. The Labute approximate surface area is 85.8 Å². The number of hydrogen-bond acceptors (Lipinski definition) is 2. The van der Waals surface area contributed by atoms with E-state index in [1.165, 1.54) is 30.6 Å². The second kappa shape index (κ2) is 2.61. The van der Waals surface area contributed by atoms with Crippen LogP contribution in [0.4, 0.5) is 0 Å². The topological polar surface area (TPSA) is 25.2 Å². The number of rotatable bonds is 0. The first-order valence-corrected chi connectivity index (χ1v) is 5.59. The van der Waals surface area contributed by atoms with E-state index >= 15 is 0 Å². The summed E-state index contributed by atoms with van der Waals surface area (Å²) in [7, 11) is 0. The molecule has 1 fully saturated rings. The molecule has 0 aromatic carbocycles. The number of halogens is 1. The highest BCUT2D eigenvalue weighted by atomic mass is 79.9. The van der Waals surface area contributed by atoms with E-state index in [1.54, 1.807) is 0 Å². The molecule has 13 heavy (non-hydrogen) atoms. The molecule has 0 bridgehead atoms. The van der Waals surface area contributed by atoms with E-state index in [1.807, 2.05) is 0 Å². The summed E-state index contributed by atoms with van der Waals surface area (Å²) in [5, 5.41) is 3.47. The van der Waals surface area contributed by atoms with Crippen LogP contribution in [0.25, 0.3) is 0 Å². The minimum absolute atomic E-state index is 0.347. The van der Waals surface area contributed by atoms with Gasteiger partial charge in [0.2, 0.25) is 0 Å². The molecule has 1 aliphatic carbocycles. The van der Waals surface area contributed by atoms with Crippen molar-refractivity contribution < 1.29 is 4.42 Å². The summed E-state index contributed by atoms with van der Waals surface area (Å²) < 4.78 is 6.62. The van der Waals surface area contributed by atoms with Gasteiger partial charge in [0.25, 0.3) is 0 Å². The predicted molar refractivity (Wildman–Crippen MR) is 53.6 cm³/mol. The Morgan fingerprint density at radius 3 is 3.00 bits per heavy atom. The van der Waals surface area contributed by atoms with Gasteiger partial charge in [-0.25, -0.2) is 0 Å². The van der Waals surface area contributed by atoms with Gasteiger partial charge in [-0.1, -0.05) is 6.42 Å². The van der Waals surface area contributed by atoms with Crippen LogP contribution in [0.5, 0.6) is 0 Å². The molecule has 2 nitrogen and oxygen atoms in total. The van der Waals surface area contributed by atoms with Crippen molar-refractivity contribution in [3.05, 3.63) is 22.1 Å². The van der Waals surface area contributed by atoms with Crippen LogP contribution in [-0.4, -0.2) is 6.54 Å². The van der Waals surface area contributed by atoms with Gasteiger partial charge >= 0.3 is 0 Å². The molecule has 1 spiro atoms. The van der Waals surface area contributed by atoms with Crippen LogP contribution in [0.2, 0.25) is 0 Å². The molecule has 0 saturated heterocycles. The zero-order valence-electron chi connectivity index (χ0n) is 7.40. The summed E-state index contributed by atoms with van der Waals surface area (Å²) in [6, 6.07) is 2.10. The van der Waals surface area contributed by atoms with E-state index in [9.17, 15) is 0 Å². The molecule has 2 heterocycles. The number of fused-ring (bicyclic) bond motifs is 2. The lowest BCUT2D eigenvalue weighted by atomic mass is 9.65. The molecule has 0 unspecified atom stereocenters. The first kappa shape index (κ1) is 8.06. The van der Waals surface area contributed by atoms with Crippen LogP contribution >= 0.6 is 15.9 Å². The maximum absolute atomic E-state index is 5.74. The smallest absolute Gasteiger partial charge is 0.169 e. The fourth-order valence-corrected chi connectivity index (χ4v) is 2.94. The molecule has 1 saturated carbocycles. The van der Waals surface area contributed by atoms with Gasteiger partial charge in [-0.2, -0.15) is 0 Å². The van der Waals surface area contributed by atoms with Crippen LogP contribution < -0.4 is 5.32 Å². The molecular formula is C10H12BrNO. The second-order valence-corrected chi connectivity index (χ2v) is 4.92. The summed E-state index contributed by atoms with van der Waals surface area (Å²) in [6.07, 6.45) is 3.92. The molecule has 3 heteroatoms. The lowest BCUT2D eigenvalue weighted by Crippen LogP contribution is -2.47. The molecular weight excluding hydrogens is 230 g/mol. The normalized spacial score (nSPS) is 24.1. The van der Waals surface area contributed by atoms with Gasteiger partial charge in [-0.05, 0) is 34.8 Å². The van der Waals surface area contributed by atoms with Crippen LogP contribution in [0.3, 0.4) is 0 Å². The van der Waals surface area contributed by atoms with Crippen LogP contribution in [0, 0.1) is 0 Å². The SMILES string of the molecule is Brc1cc2c(o1)C1(CCC1)CNC2. The first-order valence-electron chi connectivity index (χ1n) is 4.80. The highest BCUT2D eigenvalue weighted by Gasteiger charge is 2.44. The molecule has 3 rings (SSSR count). The molecule has 1 aliphatic heterocycles. The van der Waals surface area contributed by atoms with Gasteiger partial charge in [-0.3, -0.25) is 0 Å². The first-order chi connectivity index (χ1) is 6.30. The average Bonchev–Trinajstić information content (AvgIpc) is 2.41. The Balaban J connectivity index is 2.10. The minimum Gasteiger partial charge on any atom is -0.453 e. The Morgan fingerprint density at radius 1 is 1.46 bits per heavy atom. The van der Waals surface area contributed by atoms with Gasteiger partial charge in [0.1, 0.15) is 5.76 Å². The van der Waals surface area contributed by atoms with Crippen molar-refractivity contribution in [1.82, 2.24) is 5.32 Å². The molecule has 70 valence electrons. The molecule has 1 aromatic heterocycles. The van der Waals surface area contributed by atoms with Crippen molar-refractivity contribution >= 4 is 15.9 Å². The maximum Gasteiger partial charge on any atom is 0.169 e. The van der Waals surface area contributed by atoms with Gasteiger partial charge in [0.15, 0.2) is 4.67 Å². The van der Waals surface area contributed by atoms with Crippen molar-refractivity contribution in [2.45, 2.75) is 31.2 Å². The van der Waals surface area contributed by atoms with Gasteiger partial charge in [0, 0.05) is 24.1 Å². The third-order valence-electron chi connectivity index (χ3n) is 3.35. The van der Waals surface area contributed by atoms with Crippen molar-refractivity contribution in [3.8, 4) is 0 Å². The quantitative estimate of drug-likeness (QED) is 0.756. The fourth-order valence-electron chi connectivity index (χ4n) is 2.50. The molecule has 0 atom stereocenters. The summed E-state index contributed by atoms with van der Waals surface area (Å²) >= 11 is 3.40. The zero-order chi connectivity index (χ0) is 8.89. The van der Waals surface area contributed by atoms with Crippen LogP contribution in [0.15, 0.2) is 15.2 Å². The fraction of sp³-hybridized carbons (Fsp3) is 0.600. The van der Waals surface area contributed by atoms with Gasteiger partial charge < -0.3 is 9.73 Å². The summed E-state index contributed by atoms with van der Waals surface area (Å²) in [4.78, 5) is 0. The minimum atomic E-state index is 0.347. The largest absolute Gasteiger partial charge is 0.453 e. The molecule has 0 radical (unpaired) electrons. The van der Waals surface area contributed by atoms with Gasteiger partial charge in [0.05, 0.1) is 0 Å².